The van der Waals surface area contributed by atoms with Gasteiger partial charge in [-0.05, 0) is 61.8 Å². The van der Waals surface area contributed by atoms with Crippen LogP contribution in [0.4, 0.5) is 0 Å². The fraction of sp³-hybridized carbons (Fsp3) is 0.375. The van der Waals surface area contributed by atoms with E-state index in [9.17, 15) is 0 Å². The van der Waals surface area contributed by atoms with Gasteiger partial charge in [-0.15, -0.1) is 0 Å². The maximum absolute atomic E-state index is 3.92. The van der Waals surface area contributed by atoms with Crippen molar-refractivity contribution in [3.8, 4) is 0 Å². The van der Waals surface area contributed by atoms with Gasteiger partial charge in [0.05, 0.1) is 0 Å². The summed E-state index contributed by atoms with van der Waals surface area (Å²) in [4.78, 5) is 0. The quantitative estimate of drug-likeness (QED) is 0.421. The molecular weight excluding hydrogens is 384 g/mol. The van der Waals surface area contributed by atoms with Crippen LogP contribution in [0.15, 0.2) is 86.0 Å². The average molecular weight is 433 g/mol. The van der Waals surface area contributed by atoms with Gasteiger partial charge in [-0.3, -0.25) is 0 Å². The summed E-state index contributed by atoms with van der Waals surface area (Å²) in [5.74, 6) is 0. The van der Waals surface area contributed by atoms with E-state index in [0.29, 0.717) is 0 Å². The Morgan fingerprint density at radius 3 is 1.75 bits per heavy atom. The summed E-state index contributed by atoms with van der Waals surface area (Å²) in [6.07, 6.45) is 6.62. The van der Waals surface area contributed by atoms with E-state index >= 15 is 0 Å². The molecule has 0 fully saturated rings. The third kappa shape index (κ3) is 14.4. The van der Waals surface area contributed by atoms with E-state index in [0.717, 1.165) is 17.6 Å². The second-order valence-electron chi connectivity index (χ2n) is 8.83. The first-order valence-electron chi connectivity index (χ1n) is 11.7. The second kappa shape index (κ2) is 17.0. The molecule has 176 valence electrons. The van der Waals surface area contributed by atoms with Gasteiger partial charge in [0.25, 0.3) is 0 Å². The molecule has 0 nitrogen and oxygen atoms in total. The van der Waals surface area contributed by atoms with Crippen LogP contribution >= 0.6 is 0 Å². The molecule has 0 N–H and O–H groups in total. The van der Waals surface area contributed by atoms with Gasteiger partial charge in [-0.25, -0.2) is 0 Å². The molecule has 0 spiro atoms. The smallest absolute Gasteiger partial charge is 0.0132 e. The zero-order chi connectivity index (χ0) is 25.3. The lowest BCUT2D eigenvalue weighted by Crippen LogP contribution is -2.10. The van der Waals surface area contributed by atoms with E-state index < -0.39 is 0 Å². The lowest BCUT2D eigenvalue weighted by atomic mass is 9.87. The van der Waals surface area contributed by atoms with Crippen molar-refractivity contribution in [2.75, 3.05) is 0 Å². The number of rotatable bonds is 4. The minimum absolute atomic E-state index is 0.285. The van der Waals surface area contributed by atoms with Crippen LogP contribution in [0.25, 0.3) is 5.57 Å². The molecule has 0 bridgehead atoms. The Hall–Kier alpha value is -2.60. The van der Waals surface area contributed by atoms with Crippen molar-refractivity contribution in [1.82, 2.24) is 0 Å². The van der Waals surface area contributed by atoms with Gasteiger partial charge in [0.15, 0.2) is 0 Å². The Bertz CT molecular complexity index is 837. The number of hydrogen-bond acceptors (Lipinski definition) is 0. The van der Waals surface area contributed by atoms with Crippen LogP contribution in [-0.2, 0) is 11.8 Å². The molecule has 0 amide bonds. The minimum Gasteiger partial charge on any atom is -0.0991 e. The predicted octanol–water partition coefficient (Wildman–Crippen LogP) is 10.2. The maximum Gasteiger partial charge on any atom is -0.0132 e. The van der Waals surface area contributed by atoms with Gasteiger partial charge in [0.1, 0.15) is 0 Å². The first-order chi connectivity index (χ1) is 14.9. The van der Waals surface area contributed by atoms with E-state index in [2.05, 4.69) is 104 Å². The summed E-state index contributed by atoms with van der Waals surface area (Å²) in [5, 5.41) is 0. The van der Waals surface area contributed by atoms with Crippen LogP contribution in [0, 0.1) is 13.8 Å². The molecule has 0 aromatic heterocycles. The summed E-state index contributed by atoms with van der Waals surface area (Å²) in [7, 11) is 0. The van der Waals surface area contributed by atoms with Crippen molar-refractivity contribution >= 4 is 5.57 Å². The van der Waals surface area contributed by atoms with Crippen LogP contribution in [0.3, 0.4) is 0 Å². The minimum atomic E-state index is 0.285. The first-order valence-corrected chi connectivity index (χ1v) is 11.7. The number of allylic oxidation sites excluding steroid dienone is 5. The molecule has 2 aromatic rings. The highest BCUT2D eigenvalue weighted by Crippen LogP contribution is 2.21. The van der Waals surface area contributed by atoms with Gasteiger partial charge >= 0.3 is 0 Å². The van der Waals surface area contributed by atoms with Crippen LogP contribution in [0.2, 0.25) is 0 Å². The monoisotopic (exact) mass is 432 g/mol. The molecule has 2 aromatic carbocycles. The van der Waals surface area contributed by atoms with E-state index in [1.165, 1.54) is 27.8 Å². The molecule has 0 heterocycles. The molecule has 0 radical (unpaired) electrons. The Kier molecular flexibility index (Phi) is 16.8. The van der Waals surface area contributed by atoms with Crippen molar-refractivity contribution in [3.63, 3.8) is 0 Å². The Balaban J connectivity index is 0. The van der Waals surface area contributed by atoms with E-state index in [1.807, 2.05) is 39.8 Å². The summed E-state index contributed by atoms with van der Waals surface area (Å²) in [6.45, 7) is 32.2. The zero-order valence-corrected chi connectivity index (χ0v) is 22.6. The highest BCUT2D eigenvalue weighted by atomic mass is 14.2. The highest BCUT2D eigenvalue weighted by molar-refractivity contribution is 5.62. The average Bonchev–Trinajstić information content (AvgIpc) is 2.74. The largest absolute Gasteiger partial charge is 0.0991 e. The van der Waals surface area contributed by atoms with Gasteiger partial charge in [0.2, 0.25) is 0 Å². The zero-order valence-electron chi connectivity index (χ0n) is 22.6. The number of aryl methyl sites for hydroxylation is 3. The Morgan fingerprint density at radius 1 is 0.906 bits per heavy atom. The SMILES string of the molecule is C=C(C)c1ccc(CC)c(C)c1.C=C/C=C\C(=C)C.CC.Cc1ccc(C(C)(C)C)cc1. The fourth-order valence-corrected chi connectivity index (χ4v) is 2.64. The van der Waals surface area contributed by atoms with Crippen molar-refractivity contribution in [3.05, 3.63) is 114 Å². The van der Waals surface area contributed by atoms with Gasteiger partial charge in [-0.2, -0.15) is 0 Å². The molecule has 0 aliphatic rings. The van der Waals surface area contributed by atoms with Crippen LogP contribution in [0.1, 0.15) is 83.2 Å². The molecule has 0 aliphatic carbocycles. The van der Waals surface area contributed by atoms with Gasteiger partial charge in [-0.1, -0.05) is 139 Å². The standard InChI is InChI=1S/C12H16.C11H16.C7H10.C2H6/c1-5-11-6-7-12(9(2)3)8-10(11)4;1-9-5-7-10(8-6-9)11(2,3)4;1-4-5-6-7(2)3;1-2/h6-8H,2,5H2,1,3-4H3;5-8H,1-4H3;4-6H,1-2H2,3H3;1-2H3/b;;6-5-;. The summed E-state index contributed by atoms with van der Waals surface area (Å²) in [5.41, 5.74) is 9.28. The maximum atomic E-state index is 3.92. The predicted molar refractivity (Wildman–Crippen MR) is 151 cm³/mol. The van der Waals surface area contributed by atoms with Crippen LogP contribution in [0.5, 0.6) is 0 Å². The fourth-order valence-electron chi connectivity index (χ4n) is 2.64. The summed E-state index contributed by atoms with van der Waals surface area (Å²) in [6, 6.07) is 15.3. The second-order valence-corrected chi connectivity index (χ2v) is 8.83. The first kappa shape index (κ1) is 31.6. The topological polar surface area (TPSA) is 0 Å². The molecule has 0 saturated heterocycles. The van der Waals surface area contributed by atoms with Crippen molar-refractivity contribution in [1.29, 1.82) is 0 Å². The van der Waals surface area contributed by atoms with Crippen molar-refractivity contribution < 1.29 is 0 Å². The molecular formula is C32H48. The van der Waals surface area contributed by atoms with Crippen molar-refractivity contribution in [2.24, 2.45) is 0 Å². The Morgan fingerprint density at radius 2 is 1.44 bits per heavy atom. The molecule has 0 saturated carbocycles. The number of benzene rings is 2. The van der Waals surface area contributed by atoms with Crippen LogP contribution < -0.4 is 0 Å². The lowest BCUT2D eigenvalue weighted by Gasteiger charge is -2.18. The molecule has 0 unspecified atom stereocenters. The normalized spacial score (nSPS) is 9.94. The molecule has 0 atom stereocenters. The summed E-state index contributed by atoms with van der Waals surface area (Å²) < 4.78 is 0. The third-order valence-electron chi connectivity index (χ3n) is 4.65. The van der Waals surface area contributed by atoms with Crippen LogP contribution in [-0.4, -0.2) is 0 Å². The van der Waals surface area contributed by atoms with Crippen molar-refractivity contribution in [2.45, 2.75) is 81.1 Å². The molecule has 0 aliphatic heterocycles. The molecule has 2 rings (SSSR count). The lowest BCUT2D eigenvalue weighted by molar-refractivity contribution is 0.590. The molecule has 0 heteroatoms. The number of hydrogen-bond donors (Lipinski definition) is 0. The third-order valence-corrected chi connectivity index (χ3v) is 4.65. The van der Waals surface area contributed by atoms with E-state index in [-0.39, 0.29) is 5.41 Å². The van der Waals surface area contributed by atoms with E-state index in [1.54, 1.807) is 6.08 Å². The molecule has 32 heavy (non-hydrogen) atoms. The van der Waals surface area contributed by atoms with Gasteiger partial charge < -0.3 is 0 Å². The summed E-state index contributed by atoms with van der Waals surface area (Å²) >= 11 is 0. The Labute approximate surface area is 200 Å². The highest BCUT2D eigenvalue weighted by Gasteiger charge is 2.11. The van der Waals surface area contributed by atoms with Gasteiger partial charge in [0, 0.05) is 0 Å². The van der Waals surface area contributed by atoms with E-state index in [4.69, 9.17) is 0 Å².